The first-order valence-electron chi connectivity index (χ1n) is 5.89. The van der Waals surface area contributed by atoms with Gasteiger partial charge in [0, 0.05) is 18.3 Å². The molecule has 21 heavy (non-hydrogen) atoms. The second-order valence-corrected chi connectivity index (χ2v) is 4.08. The number of benzene rings is 1. The van der Waals surface area contributed by atoms with Crippen LogP contribution in [0.3, 0.4) is 0 Å². The van der Waals surface area contributed by atoms with Crippen LogP contribution in [0.25, 0.3) is 0 Å². The summed E-state index contributed by atoms with van der Waals surface area (Å²) < 4.78 is 0. The van der Waals surface area contributed by atoms with Crippen molar-refractivity contribution in [2.75, 3.05) is 6.61 Å². The lowest BCUT2D eigenvalue weighted by molar-refractivity contribution is -0.384. The molecule has 1 aromatic rings. The van der Waals surface area contributed by atoms with Gasteiger partial charge in [0.25, 0.3) is 5.69 Å². The number of nitrogens with zero attached hydrogens (tertiary/aromatic N) is 4. The van der Waals surface area contributed by atoms with Crippen LogP contribution >= 0.6 is 0 Å². The van der Waals surface area contributed by atoms with Crippen molar-refractivity contribution in [1.82, 2.24) is 0 Å². The summed E-state index contributed by atoms with van der Waals surface area (Å²) in [6.07, 6.45) is -0.153. The minimum Gasteiger partial charge on any atom is -0.394 e. The quantitative estimate of drug-likeness (QED) is 0.448. The van der Waals surface area contributed by atoms with E-state index in [4.69, 9.17) is 10.5 Å². The third-order valence-electron chi connectivity index (χ3n) is 2.70. The Labute approximate surface area is 120 Å². The summed E-state index contributed by atoms with van der Waals surface area (Å²) in [7, 11) is 0. The molecule has 1 rings (SSSR count). The Morgan fingerprint density at radius 1 is 1.33 bits per heavy atom. The molecule has 0 saturated carbocycles. The summed E-state index contributed by atoms with van der Waals surface area (Å²) in [4.78, 5) is 13.8. The van der Waals surface area contributed by atoms with Gasteiger partial charge in [0.05, 0.1) is 23.7 Å². The van der Waals surface area contributed by atoms with E-state index in [0.717, 1.165) is 6.21 Å². The average Bonchev–Trinajstić information content (AvgIpc) is 2.51. The van der Waals surface area contributed by atoms with Crippen LogP contribution in [0.15, 0.2) is 29.3 Å². The van der Waals surface area contributed by atoms with Gasteiger partial charge >= 0.3 is 0 Å². The van der Waals surface area contributed by atoms with E-state index in [2.05, 4.69) is 4.99 Å². The number of hydrogen-bond donors (Lipinski definition) is 2. The van der Waals surface area contributed by atoms with Crippen molar-refractivity contribution < 1.29 is 15.1 Å². The van der Waals surface area contributed by atoms with Crippen LogP contribution in [0.4, 0.5) is 5.69 Å². The van der Waals surface area contributed by atoms with Gasteiger partial charge in [-0.25, -0.2) is 0 Å². The standard InChI is InChI=1S/C13H12N4O4/c14-5-9(6-15)7-16-12(8-18)13(19)10-1-3-11(4-2-10)17(20)21/h1-4,7,9,12-13,18-19H,8H2/t12-,13-/m1/s1. The van der Waals surface area contributed by atoms with Crippen LogP contribution in [0.5, 0.6) is 0 Å². The highest BCUT2D eigenvalue weighted by Gasteiger charge is 2.20. The Morgan fingerprint density at radius 2 is 1.90 bits per heavy atom. The maximum atomic E-state index is 10.5. The molecule has 0 aliphatic rings. The zero-order valence-corrected chi connectivity index (χ0v) is 10.8. The van der Waals surface area contributed by atoms with E-state index in [1.54, 1.807) is 12.1 Å². The van der Waals surface area contributed by atoms with Crippen LogP contribution in [0.2, 0.25) is 0 Å². The molecule has 0 amide bonds. The Balaban J connectivity index is 2.88. The lowest BCUT2D eigenvalue weighted by atomic mass is 10.0. The van der Waals surface area contributed by atoms with Crippen molar-refractivity contribution in [2.24, 2.45) is 10.9 Å². The molecular weight excluding hydrogens is 276 g/mol. The molecule has 0 unspecified atom stereocenters. The Morgan fingerprint density at radius 3 is 2.33 bits per heavy atom. The van der Waals surface area contributed by atoms with E-state index in [1.165, 1.54) is 24.3 Å². The number of nitro groups is 1. The fraction of sp³-hybridized carbons (Fsp3) is 0.308. The fourth-order valence-corrected chi connectivity index (χ4v) is 1.54. The summed E-state index contributed by atoms with van der Waals surface area (Å²) in [6, 6.07) is 7.56. The van der Waals surface area contributed by atoms with Crippen LogP contribution in [0.1, 0.15) is 11.7 Å². The van der Waals surface area contributed by atoms with Crippen molar-refractivity contribution >= 4 is 11.9 Å². The van der Waals surface area contributed by atoms with Crippen LogP contribution < -0.4 is 0 Å². The van der Waals surface area contributed by atoms with Crippen molar-refractivity contribution in [2.45, 2.75) is 12.1 Å². The summed E-state index contributed by atoms with van der Waals surface area (Å²) in [6.45, 7) is -0.502. The smallest absolute Gasteiger partial charge is 0.269 e. The number of aliphatic hydroxyl groups is 2. The summed E-state index contributed by atoms with van der Waals surface area (Å²) >= 11 is 0. The number of aliphatic imine (C=N–C) groups is 1. The molecule has 2 atom stereocenters. The van der Waals surface area contributed by atoms with Gasteiger partial charge in [0.1, 0.15) is 12.1 Å². The number of hydrogen-bond acceptors (Lipinski definition) is 7. The Kier molecular flexibility index (Phi) is 5.96. The van der Waals surface area contributed by atoms with Gasteiger partial charge < -0.3 is 10.2 Å². The molecule has 0 spiro atoms. The highest BCUT2D eigenvalue weighted by Crippen LogP contribution is 2.22. The van der Waals surface area contributed by atoms with Gasteiger partial charge in [-0.15, -0.1) is 0 Å². The molecule has 0 aromatic heterocycles. The SMILES string of the molecule is N#CC(C#N)C=N[C@H](CO)[C@H](O)c1ccc([N+](=O)[O-])cc1. The van der Waals surface area contributed by atoms with Crippen molar-refractivity contribution in [1.29, 1.82) is 10.5 Å². The topological polar surface area (TPSA) is 144 Å². The highest BCUT2D eigenvalue weighted by molar-refractivity contribution is 5.67. The predicted molar refractivity (Wildman–Crippen MR) is 72.1 cm³/mol. The minimum atomic E-state index is -1.20. The van der Waals surface area contributed by atoms with Crippen molar-refractivity contribution in [3.05, 3.63) is 39.9 Å². The van der Waals surface area contributed by atoms with E-state index in [9.17, 15) is 20.3 Å². The molecule has 1 aromatic carbocycles. The van der Waals surface area contributed by atoms with E-state index in [1.807, 2.05) is 0 Å². The van der Waals surface area contributed by atoms with Gasteiger partial charge in [-0.2, -0.15) is 10.5 Å². The molecule has 2 N–H and O–H groups in total. The number of aliphatic hydroxyl groups excluding tert-OH is 2. The van der Waals surface area contributed by atoms with E-state index in [0.29, 0.717) is 5.56 Å². The second kappa shape index (κ2) is 7.70. The van der Waals surface area contributed by atoms with Crippen LogP contribution in [-0.2, 0) is 0 Å². The zero-order chi connectivity index (χ0) is 15.8. The van der Waals surface area contributed by atoms with Crippen LogP contribution in [0, 0.1) is 38.7 Å². The normalized spacial score (nSPS) is 13.6. The van der Waals surface area contributed by atoms with Crippen molar-refractivity contribution in [3.8, 4) is 12.1 Å². The maximum Gasteiger partial charge on any atom is 0.269 e. The molecule has 0 saturated heterocycles. The molecule has 0 radical (unpaired) electrons. The fourth-order valence-electron chi connectivity index (χ4n) is 1.54. The molecule has 0 aliphatic carbocycles. The van der Waals surface area contributed by atoms with E-state index < -0.39 is 29.6 Å². The molecular formula is C13H12N4O4. The number of nitriles is 2. The first-order valence-corrected chi connectivity index (χ1v) is 5.89. The van der Waals surface area contributed by atoms with E-state index >= 15 is 0 Å². The number of non-ortho nitro benzene ring substituents is 1. The average molecular weight is 288 g/mol. The summed E-state index contributed by atoms with van der Waals surface area (Å²) in [5.41, 5.74) is 0.214. The Hall–Kier alpha value is -2.81. The lowest BCUT2D eigenvalue weighted by Gasteiger charge is -2.17. The van der Waals surface area contributed by atoms with Gasteiger partial charge in [-0.1, -0.05) is 0 Å². The summed E-state index contributed by atoms with van der Waals surface area (Å²) in [5, 5.41) is 47.0. The van der Waals surface area contributed by atoms with Gasteiger partial charge in [-0.05, 0) is 17.7 Å². The maximum absolute atomic E-state index is 10.5. The molecule has 0 heterocycles. The Bertz CT molecular complexity index is 586. The van der Waals surface area contributed by atoms with Gasteiger partial charge in [0.15, 0.2) is 5.92 Å². The summed E-state index contributed by atoms with van der Waals surface area (Å²) in [5.74, 6) is -1.07. The molecule has 8 nitrogen and oxygen atoms in total. The largest absolute Gasteiger partial charge is 0.394 e. The zero-order valence-electron chi connectivity index (χ0n) is 10.8. The second-order valence-electron chi connectivity index (χ2n) is 4.08. The van der Waals surface area contributed by atoms with Gasteiger partial charge in [-0.3, -0.25) is 15.1 Å². The van der Waals surface area contributed by atoms with Crippen molar-refractivity contribution in [3.63, 3.8) is 0 Å². The number of rotatable bonds is 6. The lowest BCUT2D eigenvalue weighted by Crippen LogP contribution is -2.21. The minimum absolute atomic E-state index is 0.121. The first kappa shape index (κ1) is 16.2. The molecule has 0 fully saturated rings. The van der Waals surface area contributed by atoms with Crippen LogP contribution in [-0.4, -0.2) is 34.0 Å². The monoisotopic (exact) mass is 288 g/mol. The number of nitro benzene ring substituents is 1. The third-order valence-corrected chi connectivity index (χ3v) is 2.70. The van der Waals surface area contributed by atoms with E-state index in [-0.39, 0.29) is 5.69 Å². The molecule has 8 heteroatoms. The predicted octanol–water partition coefficient (Wildman–Crippen LogP) is 0.723. The third kappa shape index (κ3) is 4.35. The molecule has 0 bridgehead atoms. The molecule has 108 valence electrons. The first-order chi connectivity index (χ1) is 10.0. The van der Waals surface area contributed by atoms with Gasteiger partial charge in [0.2, 0.25) is 0 Å². The highest BCUT2D eigenvalue weighted by atomic mass is 16.6. The molecule has 0 aliphatic heterocycles.